The molecule has 0 aliphatic rings. The van der Waals surface area contributed by atoms with E-state index in [4.69, 9.17) is 20.8 Å². The Labute approximate surface area is 251 Å². The van der Waals surface area contributed by atoms with Gasteiger partial charge in [-0.15, -0.1) is 0 Å². The van der Waals surface area contributed by atoms with Crippen LogP contribution in [0.25, 0.3) is 11.5 Å². The molecule has 0 saturated heterocycles. The molecule has 1 amide bonds. The zero-order valence-electron chi connectivity index (χ0n) is 23.4. The van der Waals surface area contributed by atoms with Gasteiger partial charge in [0.2, 0.25) is 11.7 Å². The number of nitrogens with one attached hydrogen (secondary N) is 1. The third-order valence-electron chi connectivity index (χ3n) is 6.77. The SMILES string of the molecule is C[C@H](NC(=O)C(C)(C)OC(=O)c1nc(-c2ccccc2)oc1C(F)(F)F)[C@@H](Cc1ccc(Cl)cc1)c1cccc(C#N)c1. The summed E-state index contributed by atoms with van der Waals surface area (Å²) >= 11 is 6.03. The standard InChI is InChI=1S/C32H27ClF3N3O4/c1-19(25(17-20-12-14-24(33)15-13-20)23-11-7-8-21(16-23)18-37)38-30(41)31(2,3)43-29(40)26-27(32(34,35)36)42-28(39-26)22-9-5-4-6-10-22/h4-16,19,25H,17H2,1-3H3,(H,38,41)/t19-,25+/m0/s1. The van der Waals surface area contributed by atoms with Gasteiger partial charge in [0.1, 0.15) is 0 Å². The van der Waals surface area contributed by atoms with Crippen LogP contribution in [0.1, 0.15) is 59.6 Å². The molecule has 1 N–H and O–H groups in total. The Morgan fingerprint density at radius 2 is 1.72 bits per heavy atom. The lowest BCUT2D eigenvalue weighted by atomic mass is 9.85. The van der Waals surface area contributed by atoms with Crippen LogP contribution in [-0.4, -0.2) is 28.5 Å². The fourth-order valence-corrected chi connectivity index (χ4v) is 4.58. The van der Waals surface area contributed by atoms with Gasteiger partial charge in [-0.1, -0.05) is 54.1 Å². The first-order valence-electron chi connectivity index (χ1n) is 13.2. The molecule has 0 saturated carbocycles. The lowest BCUT2D eigenvalue weighted by molar-refractivity contribution is -0.153. The molecule has 11 heteroatoms. The van der Waals surface area contributed by atoms with Crippen LogP contribution in [0.2, 0.25) is 5.02 Å². The van der Waals surface area contributed by atoms with Crippen molar-refractivity contribution in [3.63, 3.8) is 0 Å². The first kappa shape index (κ1) is 31.3. The van der Waals surface area contributed by atoms with Gasteiger partial charge in [0, 0.05) is 22.5 Å². The molecule has 4 rings (SSSR count). The average Bonchev–Trinajstić information content (AvgIpc) is 3.44. The van der Waals surface area contributed by atoms with Crippen molar-refractivity contribution in [2.24, 2.45) is 0 Å². The van der Waals surface area contributed by atoms with Gasteiger partial charge in [0.25, 0.3) is 5.91 Å². The number of hydrogen-bond donors (Lipinski definition) is 1. The zero-order valence-corrected chi connectivity index (χ0v) is 24.2. The largest absolute Gasteiger partial charge is 0.452 e. The second-order valence-corrected chi connectivity index (χ2v) is 10.8. The van der Waals surface area contributed by atoms with Crippen LogP contribution < -0.4 is 5.32 Å². The van der Waals surface area contributed by atoms with Crippen LogP contribution in [0.5, 0.6) is 0 Å². The number of rotatable bonds is 9. The summed E-state index contributed by atoms with van der Waals surface area (Å²) in [6.07, 6.45) is -4.58. The highest BCUT2D eigenvalue weighted by Crippen LogP contribution is 2.36. The van der Waals surface area contributed by atoms with Gasteiger partial charge < -0.3 is 14.5 Å². The van der Waals surface area contributed by atoms with Gasteiger partial charge in [0.05, 0.1) is 11.6 Å². The van der Waals surface area contributed by atoms with E-state index in [-0.39, 0.29) is 11.5 Å². The van der Waals surface area contributed by atoms with Gasteiger partial charge in [-0.25, -0.2) is 9.78 Å². The fraction of sp³-hybridized carbons (Fsp3) is 0.250. The molecule has 0 bridgehead atoms. The molecule has 222 valence electrons. The van der Waals surface area contributed by atoms with Crippen molar-refractivity contribution in [2.75, 3.05) is 0 Å². The zero-order chi connectivity index (χ0) is 31.4. The second-order valence-electron chi connectivity index (χ2n) is 10.4. The van der Waals surface area contributed by atoms with Crippen molar-refractivity contribution in [3.05, 3.63) is 112 Å². The molecule has 3 aromatic carbocycles. The summed E-state index contributed by atoms with van der Waals surface area (Å²) in [7, 11) is 0. The highest BCUT2D eigenvalue weighted by molar-refractivity contribution is 6.30. The number of carbonyl (C=O) groups is 2. The molecule has 1 aromatic heterocycles. The third-order valence-corrected chi connectivity index (χ3v) is 7.02. The van der Waals surface area contributed by atoms with Crippen molar-refractivity contribution in [1.29, 1.82) is 5.26 Å². The topological polar surface area (TPSA) is 105 Å². The molecule has 7 nitrogen and oxygen atoms in total. The van der Waals surface area contributed by atoms with Crippen molar-refractivity contribution in [3.8, 4) is 17.5 Å². The molecule has 0 aliphatic carbocycles. The fourth-order valence-electron chi connectivity index (χ4n) is 4.46. The van der Waals surface area contributed by atoms with Crippen LogP contribution in [0.15, 0.2) is 83.3 Å². The lowest BCUT2D eigenvalue weighted by Gasteiger charge is -2.30. The third kappa shape index (κ3) is 7.62. The Kier molecular flexibility index (Phi) is 9.26. The van der Waals surface area contributed by atoms with Gasteiger partial charge in [-0.05, 0) is 74.7 Å². The molecule has 2 atom stereocenters. The highest BCUT2D eigenvalue weighted by atomic mass is 35.5. The van der Waals surface area contributed by atoms with E-state index in [0.717, 1.165) is 11.1 Å². The summed E-state index contributed by atoms with van der Waals surface area (Å²) in [5.74, 6) is -4.58. The van der Waals surface area contributed by atoms with E-state index < -0.39 is 47.0 Å². The number of nitrogens with zero attached hydrogens (tertiary/aromatic N) is 2. The van der Waals surface area contributed by atoms with Crippen molar-refractivity contribution in [2.45, 2.75) is 50.9 Å². The monoisotopic (exact) mass is 609 g/mol. The van der Waals surface area contributed by atoms with Crippen molar-refractivity contribution < 1.29 is 31.9 Å². The number of hydrogen-bond acceptors (Lipinski definition) is 6. The van der Waals surface area contributed by atoms with Gasteiger partial charge in [0.15, 0.2) is 11.3 Å². The molecule has 0 aliphatic heterocycles. The number of alkyl halides is 3. The number of esters is 1. The average molecular weight is 610 g/mol. The minimum Gasteiger partial charge on any atom is -0.445 e. The van der Waals surface area contributed by atoms with Crippen molar-refractivity contribution in [1.82, 2.24) is 10.3 Å². The number of oxazole rings is 1. The van der Waals surface area contributed by atoms with E-state index in [9.17, 15) is 28.0 Å². The van der Waals surface area contributed by atoms with Crippen LogP contribution in [0, 0.1) is 11.3 Å². The normalized spacial score (nSPS) is 13.1. The van der Waals surface area contributed by atoms with E-state index in [2.05, 4.69) is 16.4 Å². The Morgan fingerprint density at radius 1 is 1.05 bits per heavy atom. The van der Waals surface area contributed by atoms with Crippen LogP contribution in [-0.2, 0) is 22.1 Å². The molecular weight excluding hydrogens is 583 g/mol. The number of carbonyl (C=O) groups excluding carboxylic acids is 2. The maximum Gasteiger partial charge on any atom is 0.452 e. The first-order chi connectivity index (χ1) is 20.3. The molecule has 0 spiro atoms. The van der Waals surface area contributed by atoms with Gasteiger partial charge in [-0.2, -0.15) is 18.4 Å². The summed E-state index contributed by atoms with van der Waals surface area (Å²) in [5, 5.41) is 12.8. The number of nitriles is 1. The molecule has 1 heterocycles. The maximum atomic E-state index is 13.8. The molecule has 4 aromatic rings. The Morgan fingerprint density at radius 3 is 2.35 bits per heavy atom. The number of benzene rings is 3. The summed E-state index contributed by atoms with van der Waals surface area (Å²) in [6.45, 7) is 4.28. The summed E-state index contributed by atoms with van der Waals surface area (Å²) < 4.78 is 51.5. The van der Waals surface area contributed by atoms with Crippen LogP contribution in [0.3, 0.4) is 0 Å². The minimum atomic E-state index is -5.04. The molecule has 0 fully saturated rings. The first-order valence-corrected chi connectivity index (χ1v) is 13.6. The predicted octanol–water partition coefficient (Wildman–Crippen LogP) is 7.35. The molecular formula is C32H27ClF3N3O4. The Hall–Kier alpha value is -4.62. The molecule has 43 heavy (non-hydrogen) atoms. The summed E-state index contributed by atoms with van der Waals surface area (Å²) in [4.78, 5) is 30.1. The number of halogens is 4. The Bertz CT molecular complexity index is 1650. The number of ether oxygens (including phenoxy) is 1. The van der Waals surface area contributed by atoms with E-state index in [0.29, 0.717) is 17.0 Å². The number of aromatic nitrogens is 1. The lowest BCUT2D eigenvalue weighted by Crippen LogP contribution is -2.50. The van der Waals surface area contributed by atoms with Crippen LogP contribution >= 0.6 is 11.6 Å². The smallest absolute Gasteiger partial charge is 0.445 e. The van der Waals surface area contributed by atoms with E-state index in [1.807, 2.05) is 18.2 Å². The van der Waals surface area contributed by atoms with E-state index in [1.54, 1.807) is 55.5 Å². The second kappa shape index (κ2) is 12.7. The maximum absolute atomic E-state index is 13.8. The molecule has 0 radical (unpaired) electrons. The highest BCUT2D eigenvalue weighted by Gasteiger charge is 2.44. The van der Waals surface area contributed by atoms with Gasteiger partial charge >= 0.3 is 12.1 Å². The number of amides is 1. The van der Waals surface area contributed by atoms with E-state index >= 15 is 0 Å². The van der Waals surface area contributed by atoms with Crippen molar-refractivity contribution >= 4 is 23.5 Å². The minimum absolute atomic E-state index is 0.227. The quantitative estimate of drug-likeness (QED) is 0.199. The summed E-state index contributed by atoms with van der Waals surface area (Å²) in [5.41, 5.74) is -0.612. The van der Waals surface area contributed by atoms with Gasteiger partial charge in [-0.3, -0.25) is 4.79 Å². The molecule has 0 unspecified atom stereocenters. The Balaban J connectivity index is 1.56. The predicted molar refractivity (Wildman–Crippen MR) is 153 cm³/mol. The van der Waals surface area contributed by atoms with E-state index in [1.165, 1.54) is 26.0 Å². The summed E-state index contributed by atoms with van der Waals surface area (Å²) in [6, 6.07) is 23.5. The van der Waals surface area contributed by atoms with Crippen LogP contribution in [0.4, 0.5) is 13.2 Å².